The summed E-state index contributed by atoms with van der Waals surface area (Å²) in [4.78, 5) is 24.0. The van der Waals surface area contributed by atoms with E-state index in [-0.39, 0.29) is 36.9 Å². The Bertz CT molecular complexity index is 469. The van der Waals surface area contributed by atoms with Crippen molar-refractivity contribution in [2.75, 3.05) is 13.7 Å². The molecule has 0 radical (unpaired) electrons. The molecule has 0 aromatic heterocycles. The highest BCUT2D eigenvalue weighted by molar-refractivity contribution is 5.81. The van der Waals surface area contributed by atoms with Crippen LogP contribution in [0.1, 0.15) is 135 Å². The van der Waals surface area contributed by atoms with Gasteiger partial charge in [-0.3, -0.25) is 9.59 Å². The van der Waals surface area contributed by atoms with Crippen LogP contribution in [-0.4, -0.2) is 37.7 Å². The van der Waals surface area contributed by atoms with Crippen LogP contribution in [0.2, 0.25) is 0 Å². The van der Waals surface area contributed by atoms with Crippen molar-refractivity contribution in [3.05, 3.63) is 0 Å². The van der Waals surface area contributed by atoms with Crippen LogP contribution in [0.3, 0.4) is 0 Å². The predicted molar refractivity (Wildman–Crippen MR) is 132 cm³/mol. The molecule has 1 fully saturated rings. The second-order valence-corrected chi connectivity index (χ2v) is 9.53. The van der Waals surface area contributed by atoms with Crippen LogP contribution in [-0.2, 0) is 19.1 Å². The third kappa shape index (κ3) is 15.7. The molecular weight excluding hydrogens is 402 g/mol. The molecule has 0 aliphatic heterocycles. The van der Waals surface area contributed by atoms with E-state index in [1.807, 2.05) is 0 Å². The number of carbonyl (C=O) groups excluding carboxylic acids is 2. The maximum Gasteiger partial charge on any atom is 0.306 e. The number of methoxy groups -OCH3 is 1. The normalized spacial score (nSPS) is 18.4. The van der Waals surface area contributed by atoms with Gasteiger partial charge in [0.2, 0.25) is 5.91 Å². The van der Waals surface area contributed by atoms with Gasteiger partial charge in [-0.05, 0) is 25.7 Å². The lowest BCUT2D eigenvalue weighted by atomic mass is 9.94. The number of unbranched alkanes of at least 4 members (excludes halogenated alkanes) is 13. The summed E-state index contributed by atoms with van der Waals surface area (Å²) in [6, 6.07) is 0. The van der Waals surface area contributed by atoms with Gasteiger partial charge in [-0.2, -0.15) is 0 Å². The Morgan fingerprint density at radius 1 is 0.719 bits per heavy atom. The van der Waals surface area contributed by atoms with Crippen molar-refractivity contribution >= 4 is 11.9 Å². The zero-order valence-corrected chi connectivity index (χ0v) is 21.1. The summed E-state index contributed by atoms with van der Waals surface area (Å²) < 4.78 is 10.9. The van der Waals surface area contributed by atoms with Crippen molar-refractivity contribution in [3.63, 3.8) is 0 Å². The van der Waals surface area contributed by atoms with E-state index in [1.165, 1.54) is 83.5 Å². The van der Waals surface area contributed by atoms with Crippen molar-refractivity contribution in [1.29, 1.82) is 0 Å². The van der Waals surface area contributed by atoms with E-state index in [2.05, 4.69) is 12.2 Å². The van der Waals surface area contributed by atoms with Crippen LogP contribution in [0.5, 0.6) is 0 Å². The van der Waals surface area contributed by atoms with Gasteiger partial charge < -0.3 is 14.8 Å². The molecule has 1 amide bonds. The van der Waals surface area contributed by atoms with Gasteiger partial charge in [0.1, 0.15) is 6.10 Å². The largest absolute Gasteiger partial charge is 0.460 e. The monoisotopic (exact) mass is 453 g/mol. The lowest BCUT2D eigenvalue weighted by Crippen LogP contribution is -2.36. The maximum absolute atomic E-state index is 12.0. The number of esters is 1. The van der Waals surface area contributed by atoms with E-state index < -0.39 is 0 Å². The van der Waals surface area contributed by atoms with E-state index in [9.17, 15) is 9.59 Å². The topological polar surface area (TPSA) is 64.6 Å². The molecule has 0 spiro atoms. The van der Waals surface area contributed by atoms with Crippen LogP contribution in [0.4, 0.5) is 0 Å². The summed E-state index contributed by atoms with van der Waals surface area (Å²) in [6.07, 6.45) is 22.8. The lowest BCUT2D eigenvalue weighted by Gasteiger charge is -2.29. The van der Waals surface area contributed by atoms with Gasteiger partial charge >= 0.3 is 5.97 Å². The van der Waals surface area contributed by atoms with E-state index in [0.717, 1.165) is 32.1 Å². The first-order chi connectivity index (χ1) is 15.7. The fourth-order valence-electron chi connectivity index (χ4n) is 4.55. The molecule has 2 atom stereocenters. The lowest BCUT2D eigenvalue weighted by molar-refractivity contribution is -0.160. The fraction of sp³-hybridized carbons (Fsp3) is 0.926. The second kappa shape index (κ2) is 20.5. The average Bonchev–Trinajstić information content (AvgIpc) is 2.80. The number of nitrogens with one attached hydrogen (secondary N) is 1. The van der Waals surface area contributed by atoms with Crippen LogP contribution in [0.15, 0.2) is 0 Å². The highest BCUT2D eigenvalue weighted by atomic mass is 16.6. The fourth-order valence-corrected chi connectivity index (χ4v) is 4.55. The molecule has 32 heavy (non-hydrogen) atoms. The molecule has 1 saturated carbocycles. The first-order valence-corrected chi connectivity index (χ1v) is 13.7. The van der Waals surface area contributed by atoms with Crippen LogP contribution in [0, 0.1) is 0 Å². The minimum absolute atomic E-state index is 0.00171. The first kappa shape index (κ1) is 28.9. The van der Waals surface area contributed by atoms with E-state index in [4.69, 9.17) is 9.47 Å². The van der Waals surface area contributed by atoms with Gasteiger partial charge in [0.15, 0.2) is 0 Å². The molecule has 5 heteroatoms. The van der Waals surface area contributed by atoms with Crippen molar-refractivity contribution in [2.45, 2.75) is 148 Å². The predicted octanol–water partition coefficient (Wildman–Crippen LogP) is 6.86. The Labute approximate surface area is 197 Å². The van der Waals surface area contributed by atoms with Crippen molar-refractivity contribution in [3.8, 4) is 0 Å². The Hall–Kier alpha value is -1.10. The highest BCUT2D eigenvalue weighted by Gasteiger charge is 2.28. The smallest absolute Gasteiger partial charge is 0.306 e. The van der Waals surface area contributed by atoms with Gasteiger partial charge in [0.05, 0.1) is 12.5 Å². The molecule has 5 nitrogen and oxygen atoms in total. The van der Waals surface area contributed by atoms with E-state index >= 15 is 0 Å². The number of rotatable bonds is 20. The number of hydrogen-bond acceptors (Lipinski definition) is 4. The molecule has 1 aliphatic carbocycles. The van der Waals surface area contributed by atoms with Gasteiger partial charge in [-0.15, -0.1) is 0 Å². The number of ether oxygens (including phenoxy) is 2. The summed E-state index contributed by atoms with van der Waals surface area (Å²) in [7, 11) is 1.67. The van der Waals surface area contributed by atoms with E-state index in [0.29, 0.717) is 6.54 Å². The standard InChI is InChI=1S/C27H51NO4/c1-3-4-5-6-7-8-9-10-11-12-13-14-15-18-23-28-26(29)21-22-27(30)32-25-20-17-16-19-24(25)31-2/h24-25H,3-23H2,1-2H3,(H,28,29). The van der Waals surface area contributed by atoms with Crippen molar-refractivity contribution in [2.24, 2.45) is 0 Å². The SMILES string of the molecule is CCCCCCCCCCCCCCCCNC(=O)CCC(=O)OC1CCCCC1OC. The maximum atomic E-state index is 12.0. The molecular formula is C27H51NO4. The van der Waals surface area contributed by atoms with Crippen molar-refractivity contribution in [1.82, 2.24) is 5.32 Å². The minimum atomic E-state index is -0.286. The van der Waals surface area contributed by atoms with Gasteiger partial charge in [-0.1, -0.05) is 96.8 Å². The molecule has 0 saturated heterocycles. The molecule has 188 valence electrons. The van der Waals surface area contributed by atoms with Gasteiger partial charge in [0.25, 0.3) is 0 Å². The summed E-state index contributed by atoms with van der Waals surface area (Å²) in [6.45, 7) is 2.98. The number of hydrogen-bond donors (Lipinski definition) is 1. The molecule has 1 N–H and O–H groups in total. The molecule has 1 rings (SSSR count). The van der Waals surface area contributed by atoms with Crippen LogP contribution in [0.25, 0.3) is 0 Å². The zero-order valence-electron chi connectivity index (χ0n) is 21.1. The van der Waals surface area contributed by atoms with Crippen LogP contribution < -0.4 is 5.32 Å². The molecule has 2 unspecified atom stereocenters. The highest BCUT2D eigenvalue weighted by Crippen LogP contribution is 2.23. The Morgan fingerprint density at radius 2 is 1.22 bits per heavy atom. The molecule has 1 aliphatic rings. The first-order valence-electron chi connectivity index (χ1n) is 13.7. The Balaban J connectivity index is 1.86. The molecule has 0 aromatic rings. The summed E-state index contributed by atoms with van der Waals surface area (Å²) in [5.41, 5.74) is 0. The summed E-state index contributed by atoms with van der Waals surface area (Å²) in [5.74, 6) is -0.339. The quantitative estimate of drug-likeness (QED) is 0.161. The molecule has 0 heterocycles. The number of carbonyl (C=O) groups is 2. The summed E-state index contributed by atoms with van der Waals surface area (Å²) in [5, 5.41) is 2.93. The third-order valence-corrected chi connectivity index (χ3v) is 6.64. The summed E-state index contributed by atoms with van der Waals surface area (Å²) >= 11 is 0. The van der Waals surface area contributed by atoms with Crippen LogP contribution >= 0.6 is 0 Å². The van der Waals surface area contributed by atoms with Crippen molar-refractivity contribution < 1.29 is 19.1 Å². The second-order valence-electron chi connectivity index (χ2n) is 9.53. The van der Waals surface area contributed by atoms with Gasteiger partial charge in [0, 0.05) is 20.1 Å². The minimum Gasteiger partial charge on any atom is -0.460 e. The zero-order chi connectivity index (χ0) is 23.3. The Morgan fingerprint density at radius 3 is 1.75 bits per heavy atom. The third-order valence-electron chi connectivity index (χ3n) is 6.64. The molecule has 0 aromatic carbocycles. The van der Waals surface area contributed by atoms with Gasteiger partial charge in [-0.25, -0.2) is 0 Å². The Kier molecular flexibility index (Phi) is 18.5. The molecule has 0 bridgehead atoms. The average molecular weight is 454 g/mol. The number of amides is 1. The van der Waals surface area contributed by atoms with E-state index in [1.54, 1.807) is 7.11 Å².